The molecule has 0 bridgehead atoms. The molecule has 1 N–H and O–H groups in total. The quantitative estimate of drug-likeness (QED) is 0.569. The first-order valence-electron chi connectivity index (χ1n) is 12.4. The Morgan fingerprint density at radius 1 is 1.06 bits per heavy atom. The van der Waals surface area contributed by atoms with Crippen LogP contribution in [0.15, 0.2) is 47.0 Å². The topological polar surface area (TPSA) is 63.6 Å². The first-order chi connectivity index (χ1) is 16.1. The van der Waals surface area contributed by atoms with Gasteiger partial charge in [0.05, 0.1) is 6.10 Å². The number of benzene rings is 1. The number of ketones is 2. The van der Waals surface area contributed by atoms with Gasteiger partial charge in [-0.3, -0.25) is 9.59 Å². The van der Waals surface area contributed by atoms with E-state index < -0.39 is 34.1 Å². The molecule has 1 aromatic carbocycles. The van der Waals surface area contributed by atoms with Gasteiger partial charge in [0, 0.05) is 28.7 Å². The number of hydrogen-bond acceptors (Lipinski definition) is 4. The van der Waals surface area contributed by atoms with E-state index in [2.05, 4.69) is 0 Å². The minimum Gasteiger partial charge on any atom is -0.476 e. The third kappa shape index (κ3) is 2.48. The molecule has 1 aliphatic heterocycles. The van der Waals surface area contributed by atoms with E-state index >= 15 is 4.39 Å². The van der Waals surface area contributed by atoms with Crippen molar-refractivity contribution < 1.29 is 23.8 Å². The van der Waals surface area contributed by atoms with E-state index in [-0.39, 0.29) is 28.9 Å². The number of aliphatic hydroxyl groups is 1. The smallest absolute Gasteiger partial charge is 0.222 e. The summed E-state index contributed by atoms with van der Waals surface area (Å²) in [5.74, 6) is -0.356. The van der Waals surface area contributed by atoms with E-state index in [9.17, 15) is 14.7 Å². The number of fused-ring (bicyclic) bond motifs is 6. The maximum atomic E-state index is 17.3. The van der Waals surface area contributed by atoms with Crippen molar-refractivity contribution in [2.45, 2.75) is 76.2 Å². The maximum absolute atomic E-state index is 17.3. The fourth-order valence-electron chi connectivity index (χ4n) is 8.42. The van der Waals surface area contributed by atoms with Crippen molar-refractivity contribution in [3.05, 3.63) is 52.6 Å². The number of halogens is 2. The number of rotatable bonds is 1. The summed E-state index contributed by atoms with van der Waals surface area (Å²) >= 11 is 6.58. The van der Waals surface area contributed by atoms with Crippen molar-refractivity contribution in [2.24, 2.45) is 22.7 Å². The monoisotopic (exact) mass is 484 g/mol. The van der Waals surface area contributed by atoms with Crippen LogP contribution in [0.2, 0.25) is 0 Å². The van der Waals surface area contributed by atoms with Gasteiger partial charge in [-0.25, -0.2) is 4.39 Å². The molecule has 4 aliphatic carbocycles. The summed E-state index contributed by atoms with van der Waals surface area (Å²) in [6.45, 7) is 3.87. The van der Waals surface area contributed by atoms with E-state index in [4.69, 9.17) is 16.3 Å². The minimum absolute atomic E-state index is 0.0450. The molecule has 0 aromatic heterocycles. The molecule has 180 valence electrons. The lowest BCUT2D eigenvalue weighted by atomic mass is 9.44. The van der Waals surface area contributed by atoms with Gasteiger partial charge >= 0.3 is 0 Å². The maximum Gasteiger partial charge on any atom is 0.222 e. The van der Waals surface area contributed by atoms with Crippen LogP contribution < -0.4 is 0 Å². The molecule has 5 aliphatic rings. The van der Waals surface area contributed by atoms with Crippen LogP contribution in [0, 0.1) is 22.7 Å². The van der Waals surface area contributed by atoms with E-state index in [1.54, 1.807) is 6.08 Å². The standard InChI is InChI=1S/C28H30ClFO4/c1-25-12-10-18(31)14-17(25)8-9-20-19-11-13-27(26(19,2)15-21(32)28(20,25)30)24(33)22(29)23(34-27)16-6-4-3-5-7-16/h3-7,14,19-21,32H,8-13,15H2,1-2H3/t19-,20-,21-,25-,26-,27-,28-/m0/s1. The van der Waals surface area contributed by atoms with Gasteiger partial charge in [-0.2, -0.15) is 0 Å². The molecule has 0 saturated heterocycles. The summed E-state index contributed by atoms with van der Waals surface area (Å²) in [4.78, 5) is 25.8. The number of carbonyl (C=O) groups excluding carboxylic acids is 2. The second kappa shape index (κ2) is 7.04. The third-order valence-corrected chi connectivity index (χ3v) is 10.6. The Kier molecular flexibility index (Phi) is 4.65. The summed E-state index contributed by atoms with van der Waals surface area (Å²) in [5, 5.41) is 11.6. The summed E-state index contributed by atoms with van der Waals surface area (Å²) in [5.41, 5.74) is -3.07. The Bertz CT molecular complexity index is 1160. The first-order valence-corrected chi connectivity index (χ1v) is 12.8. The van der Waals surface area contributed by atoms with E-state index in [0.29, 0.717) is 44.3 Å². The molecule has 6 rings (SSSR count). The molecule has 0 unspecified atom stereocenters. The zero-order valence-electron chi connectivity index (χ0n) is 19.6. The lowest BCUT2D eigenvalue weighted by molar-refractivity contribution is -0.223. The lowest BCUT2D eigenvalue weighted by Crippen LogP contribution is -2.69. The van der Waals surface area contributed by atoms with Crippen LogP contribution in [-0.4, -0.2) is 34.0 Å². The number of hydrogen-bond donors (Lipinski definition) is 1. The van der Waals surface area contributed by atoms with Gasteiger partial charge in [-0.1, -0.05) is 61.4 Å². The third-order valence-electron chi connectivity index (χ3n) is 10.2. The molecule has 0 radical (unpaired) electrons. The predicted octanol–water partition coefficient (Wildman–Crippen LogP) is 5.53. The molecule has 4 nitrogen and oxygen atoms in total. The van der Waals surface area contributed by atoms with Crippen LogP contribution in [0.4, 0.5) is 4.39 Å². The summed E-state index contributed by atoms with van der Waals surface area (Å²) in [6.07, 6.45) is 3.51. The highest BCUT2D eigenvalue weighted by atomic mass is 35.5. The highest BCUT2D eigenvalue weighted by molar-refractivity contribution is 6.47. The summed E-state index contributed by atoms with van der Waals surface area (Å²) in [6, 6.07) is 9.35. The molecule has 1 aromatic rings. The second-order valence-electron chi connectivity index (χ2n) is 11.4. The largest absolute Gasteiger partial charge is 0.476 e. The minimum atomic E-state index is -1.84. The van der Waals surface area contributed by atoms with Crippen molar-refractivity contribution in [2.75, 3.05) is 0 Å². The second-order valence-corrected chi connectivity index (χ2v) is 11.8. The highest BCUT2D eigenvalue weighted by Gasteiger charge is 2.76. The molecule has 1 heterocycles. The number of Topliss-reactive ketones (excluding diaryl/α,β-unsaturated/α-hetero) is 1. The van der Waals surface area contributed by atoms with Crippen molar-refractivity contribution >= 4 is 28.9 Å². The zero-order valence-corrected chi connectivity index (χ0v) is 20.3. The number of alkyl halides is 1. The Balaban J connectivity index is 1.41. The summed E-state index contributed by atoms with van der Waals surface area (Å²) in [7, 11) is 0. The molecular weight excluding hydrogens is 455 g/mol. The molecule has 0 amide bonds. The number of allylic oxidation sites excluding steroid dienone is 1. The lowest BCUT2D eigenvalue weighted by Gasteiger charge is -2.63. The van der Waals surface area contributed by atoms with Crippen LogP contribution in [-0.2, 0) is 14.3 Å². The molecule has 1 spiro atoms. The SMILES string of the molecule is C[C@]12CCC(=O)C=C1CC[C@H]1[C@@H]3CC[C@@]4(OC(c5ccccc5)=C(Cl)C4=O)[C@@]3(C)C[C@H](O)[C@@]12F. The van der Waals surface area contributed by atoms with Crippen LogP contribution in [0.5, 0.6) is 0 Å². The number of ether oxygens (including phenoxy) is 1. The average molecular weight is 485 g/mol. The van der Waals surface area contributed by atoms with E-state index in [1.807, 2.05) is 44.2 Å². The molecular formula is C28H30ClFO4. The van der Waals surface area contributed by atoms with Crippen molar-refractivity contribution in [3.63, 3.8) is 0 Å². The van der Waals surface area contributed by atoms with Crippen LogP contribution >= 0.6 is 11.6 Å². The van der Waals surface area contributed by atoms with Gasteiger partial charge in [-0.05, 0) is 50.5 Å². The van der Waals surface area contributed by atoms with Gasteiger partial charge in [0.25, 0.3) is 0 Å². The Hall–Kier alpha value is -1.98. The molecule has 34 heavy (non-hydrogen) atoms. The predicted molar refractivity (Wildman–Crippen MR) is 126 cm³/mol. The van der Waals surface area contributed by atoms with Gasteiger partial charge in [-0.15, -0.1) is 0 Å². The average Bonchev–Trinajstić information content (AvgIpc) is 3.25. The van der Waals surface area contributed by atoms with Crippen molar-refractivity contribution in [3.8, 4) is 0 Å². The van der Waals surface area contributed by atoms with Crippen molar-refractivity contribution in [1.82, 2.24) is 0 Å². The Morgan fingerprint density at radius 2 is 1.79 bits per heavy atom. The fourth-order valence-corrected chi connectivity index (χ4v) is 8.72. The number of carbonyl (C=O) groups is 2. The van der Waals surface area contributed by atoms with Gasteiger partial charge in [0.1, 0.15) is 10.7 Å². The zero-order chi connectivity index (χ0) is 24.1. The Morgan fingerprint density at radius 3 is 2.53 bits per heavy atom. The van der Waals surface area contributed by atoms with Crippen LogP contribution in [0.25, 0.3) is 5.76 Å². The molecule has 3 saturated carbocycles. The van der Waals surface area contributed by atoms with Crippen LogP contribution in [0.3, 0.4) is 0 Å². The number of aliphatic hydroxyl groups excluding tert-OH is 1. The molecule has 3 fully saturated rings. The fraction of sp³-hybridized carbons (Fsp3) is 0.571. The summed E-state index contributed by atoms with van der Waals surface area (Å²) < 4.78 is 23.8. The molecule has 7 atom stereocenters. The van der Waals surface area contributed by atoms with E-state index in [0.717, 1.165) is 11.1 Å². The van der Waals surface area contributed by atoms with Crippen molar-refractivity contribution in [1.29, 1.82) is 0 Å². The van der Waals surface area contributed by atoms with Gasteiger partial charge in [0.2, 0.25) is 5.78 Å². The highest BCUT2D eigenvalue weighted by Crippen LogP contribution is 2.72. The van der Waals surface area contributed by atoms with Gasteiger partial charge < -0.3 is 9.84 Å². The van der Waals surface area contributed by atoms with Gasteiger partial charge in [0.15, 0.2) is 17.1 Å². The van der Waals surface area contributed by atoms with Crippen LogP contribution in [0.1, 0.15) is 64.4 Å². The first kappa shape index (κ1) is 22.5. The molecule has 6 heteroatoms. The normalized spacial score (nSPS) is 45.6. The Labute approximate surface area is 204 Å². The van der Waals surface area contributed by atoms with E-state index in [1.165, 1.54) is 0 Å².